The topological polar surface area (TPSA) is 36.9 Å². The van der Waals surface area contributed by atoms with Gasteiger partial charge < -0.3 is 18.9 Å². The molecule has 4 heteroatoms. The van der Waals surface area contributed by atoms with E-state index < -0.39 is 0 Å². The lowest BCUT2D eigenvalue weighted by Crippen LogP contribution is -2.42. The van der Waals surface area contributed by atoms with Crippen molar-refractivity contribution in [2.45, 2.75) is 219 Å². The Morgan fingerprint density at radius 2 is 0.827 bits per heavy atom. The first-order valence-corrected chi connectivity index (χ1v) is 23.1. The number of aryl methyl sites for hydroxylation is 2. The van der Waals surface area contributed by atoms with Gasteiger partial charge in [-0.25, -0.2) is 0 Å². The summed E-state index contributed by atoms with van der Waals surface area (Å²) >= 11 is 0. The molecule has 4 fully saturated rings. The van der Waals surface area contributed by atoms with Gasteiger partial charge in [0, 0.05) is 23.7 Å². The summed E-state index contributed by atoms with van der Waals surface area (Å²) in [4.78, 5) is 0. The Hall–Kier alpha value is -0.940. The predicted molar refractivity (Wildman–Crippen MR) is 218 cm³/mol. The van der Waals surface area contributed by atoms with Gasteiger partial charge in [0.1, 0.15) is 0 Å². The molecule has 0 unspecified atom stereocenters. The highest BCUT2D eigenvalue weighted by Crippen LogP contribution is 2.39. The van der Waals surface area contributed by atoms with Gasteiger partial charge in [0.05, 0.1) is 25.4 Å². The van der Waals surface area contributed by atoms with Crippen molar-refractivity contribution in [3.63, 3.8) is 0 Å². The molecule has 52 heavy (non-hydrogen) atoms. The van der Waals surface area contributed by atoms with Gasteiger partial charge in [-0.1, -0.05) is 115 Å². The van der Waals surface area contributed by atoms with Crippen LogP contribution in [0.2, 0.25) is 0 Å². The summed E-state index contributed by atoms with van der Waals surface area (Å²) in [7, 11) is 0. The van der Waals surface area contributed by atoms with E-state index in [9.17, 15) is 0 Å². The fraction of sp³-hybridized carbons (Fsp3) is 0.875. The molecule has 2 saturated carbocycles. The van der Waals surface area contributed by atoms with Crippen molar-refractivity contribution in [3.8, 4) is 0 Å². The zero-order valence-electron chi connectivity index (χ0n) is 34.5. The first-order valence-electron chi connectivity index (χ1n) is 23.1. The normalized spacial score (nSPS) is 32.9. The molecule has 1 aromatic carbocycles. The van der Waals surface area contributed by atoms with Crippen LogP contribution in [0.4, 0.5) is 0 Å². The van der Waals surface area contributed by atoms with Crippen molar-refractivity contribution < 1.29 is 18.9 Å². The van der Waals surface area contributed by atoms with Crippen LogP contribution in [-0.2, 0) is 31.8 Å². The number of ether oxygens (including phenoxy) is 4. The molecule has 5 rings (SSSR count). The molecule has 298 valence electrons. The van der Waals surface area contributed by atoms with Crippen molar-refractivity contribution in [2.24, 2.45) is 35.5 Å². The molecule has 2 heterocycles. The molecule has 0 bridgehead atoms. The average molecular weight is 723 g/mol. The van der Waals surface area contributed by atoms with E-state index in [1.807, 2.05) is 0 Å². The Kier molecular flexibility index (Phi) is 19.4. The van der Waals surface area contributed by atoms with E-state index in [1.165, 1.54) is 178 Å². The van der Waals surface area contributed by atoms with E-state index in [2.05, 4.69) is 52.0 Å². The number of hydrogen-bond donors (Lipinski definition) is 0. The van der Waals surface area contributed by atoms with E-state index in [4.69, 9.17) is 18.9 Å². The van der Waals surface area contributed by atoms with Crippen LogP contribution in [0, 0.1) is 35.5 Å². The number of rotatable bonds is 22. The summed E-state index contributed by atoms with van der Waals surface area (Å²) in [6.45, 7) is 11.0. The van der Waals surface area contributed by atoms with Crippen LogP contribution in [0.5, 0.6) is 0 Å². The Bertz CT molecular complexity index is 958. The molecular formula is C48H82O4. The largest absolute Gasteiger partial charge is 0.352 e. The molecule has 2 aliphatic heterocycles. The Balaban J connectivity index is 0.893. The first kappa shape index (κ1) is 42.2. The van der Waals surface area contributed by atoms with Crippen molar-refractivity contribution in [1.29, 1.82) is 0 Å². The maximum atomic E-state index is 6.49. The molecule has 4 nitrogen and oxygen atoms in total. The predicted octanol–water partition coefficient (Wildman–Crippen LogP) is 13.4. The van der Waals surface area contributed by atoms with Crippen LogP contribution >= 0.6 is 0 Å². The van der Waals surface area contributed by atoms with Gasteiger partial charge in [-0.05, 0) is 127 Å². The lowest BCUT2D eigenvalue weighted by molar-refractivity contribution is -0.258. The monoisotopic (exact) mass is 723 g/mol. The third-order valence-corrected chi connectivity index (χ3v) is 14.1. The molecule has 4 aliphatic rings. The lowest BCUT2D eigenvalue weighted by Gasteiger charge is -2.40. The zero-order valence-corrected chi connectivity index (χ0v) is 34.5. The van der Waals surface area contributed by atoms with Crippen molar-refractivity contribution >= 4 is 0 Å². The van der Waals surface area contributed by atoms with Crippen LogP contribution in [-0.4, -0.2) is 38.0 Å². The third kappa shape index (κ3) is 14.3. The first-order chi connectivity index (χ1) is 25.5. The number of hydrogen-bond acceptors (Lipinski definition) is 4. The lowest BCUT2D eigenvalue weighted by atomic mass is 9.78. The summed E-state index contributed by atoms with van der Waals surface area (Å²) in [5.74, 6) is 4.05. The van der Waals surface area contributed by atoms with Crippen molar-refractivity contribution in [1.82, 2.24) is 0 Å². The fourth-order valence-corrected chi connectivity index (χ4v) is 10.0. The molecule has 1 aromatic rings. The summed E-state index contributed by atoms with van der Waals surface area (Å²) in [6.07, 6.45) is 35.2. The SMILES string of the molecule is CCCCCCCC[C@@H]1CO[C@@H](C2CCC(CCc3ccc(CCC4CCC([C@@H]5OC[C@@H](CCCCCCCC)[C@H](C)O5)CC4)cc3)CC2)O[C@H]1C. The minimum Gasteiger partial charge on any atom is -0.352 e. The molecule has 0 aromatic heterocycles. The molecule has 0 amide bonds. The summed E-state index contributed by atoms with van der Waals surface area (Å²) in [5, 5.41) is 0. The highest BCUT2D eigenvalue weighted by molar-refractivity contribution is 5.23. The average Bonchev–Trinajstić information content (AvgIpc) is 3.17. The molecule has 6 atom stereocenters. The van der Waals surface area contributed by atoms with Gasteiger partial charge >= 0.3 is 0 Å². The molecule has 2 aliphatic carbocycles. The Morgan fingerprint density at radius 3 is 1.19 bits per heavy atom. The van der Waals surface area contributed by atoms with Crippen LogP contribution in [0.1, 0.15) is 193 Å². The fourth-order valence-electron chi connectivity index (χ4n) is 10.0. The summed E-state index contributed by atoms with van der Waals surface area (Å²) in [6, 6.07) is 9.68. The van der Waals surface area contributed by atoms with E-state index in [0.29, 0.717) is 35.9 Å². The van der Waals surface area contributed by atoms with Gasteiger partial charge in [-0.3, -0.25) is 0 Å². The van der Waals surface area contributed by atoms with Crippen molar-refractivity contribution in [3.05, 3.63) is 35.4 Å². The second kappa shape index (κ2) is 23.9. The molecule has 0 radical (unpaired) electrons. The van der Waals surface area contributed by atoms with E-state index in [1.54, 1.807) is 0 Å². The van der Waals surface area contributed by atoms with Gasteiger partial charge in [-0.15, -0.1) is 0 Å². The quantitative estimate of drug-likeness (QED) is 0.112. The van der Waals surface area contributed by atoms with Crippen LogP contribution in [0.15, 0.2) is 24.3 Å². The van der Waals surface area contributed by atoms with Gasteiger partial charge in [0.15, 0.2) is 12.6 Å². The number of unbranched alkanes of at least 4 members (excludes halogenated alkanes) is 10. The highest BCUT2D eigenvalue weighted by Gasteiger charge is 2.37. The van der Waals surface area contributed by atoms with E-state index in [0.717, 1.165) is 25.0 Å². The Morgan fingerprint density at radius 1 is 0.462 bits per heavy atom. The third-order valence-electron chi connectivity index (χ3n) is 14.1. The molecule has 0 spiro atoms. The molecular weight excluding hydrogens is 641 g/mol. The zero-order chi connectivity index (χ0) is 36.4. The Labute approximate surface area is 321 Å². The van der Waals surface area contributed by atoms with Gasteiger partial charge in [0.2, 0.25) is 0 Å². The number of benzene rings is 1. The molecule has 0 N–H and O–H groups in total. The standard InChI is InChI=1S/C48H82O4/c1-5-7-9-11-13-15-17-45-35-49-47(51-37(45)3)43-31-27-41(28-32-43)25-23-39-19-21-40(22-20-39)24-26-42-29-33-44(34-30-42)48-50-36-46(38(4)52-48)18-16-14-12-10-8-6-2/h19-22,37-38,41-48H,5-18,23-36H2,1-4H3/t37-,38-,41?,42?,43?,44?,45+,46+,47+,48+/m0/s1. The second-order valence-electron chi connectivity index (χ2n) is 18.2. The maximum absolute atomic E-state index is 6.49. The van der Waals surface area contributed by atoms with Crippen LogP contribution in [0.3, 0.4) is 0 Å². The van der Waals surface area contributed by atoms with Crippen LogP contribution < -0.4 is 0 Å². The summed E-state index contributed by atoms with van der Waals surface area (Å²) < 4.78 is 25.7. The van der Waals surface area contributed by atoms with Crippen molar-refractivity contribution in [2.75, 3.05) is 13.2 Å². The smallest absolute Gasteiger partial charge is 0.160 e. The second-order valence-corrected chi connectivity index (χ2v) is 18.2. The highest BCUT2D eigenvalue weighted by atomic mass is 16.7. The van der Waals surface area contributed by atoms with E-state index >= 15 is 0 Å². The molecule has 2 saturated heterocycles. The van der Waals surface area contributed by atoms with Gasteiger partial charge in [-0.2, -0.15) is 0 Å². The minimum atomic E-state index is 0.0376. The minimum absolute atomic E-state index is 0.0376. The maximum Gasteiger partial charge on any atom is 0.160 e. The van der Waals surface area contributed by atoms with E-state index in [-0.39, 0.29) is 12.6 Å². The van der Waals surface area contributed by atoms with Gasteiger partial charge in [0.25, 0.3) is 0 Å². The summed E-state index contributed by atoms with van der Waals surface area (Å²) in [5.41, 5.74) is 3.04. The van der Waals surface area contributed by atoms with Crippen LogP contribution in [0.25, 0.3) is 0 Å².